The standard InChI is InChI=1S/C32H33NO6/c1-4-6-7-18-39-26-16-14-22(15-17-26)29(34)27-28(23-11-8-10-21(3)19-23)33(31(36)30(27)35)25-13-9-12-24(20-25)32(37)38-5-2/h8-17,19-20,28,34H,4-7,18H2,1-3H3/b29-27+. The number of rotatable bonds is 10. The summed E-state index contributed by atoms with van der Waals surface area (Å²) < 4.78 is 10.9. The fourth-order valence-corrected chi connectivity index (χ4v) is 4.66. The van der Waals surface area contributed by atoms with E-state index in [2.05, 4.69) is 6.92 Å². The van der Waals surface area contributed by atoms with Gasteiger partial charge in [-0.05, 0) is 68.3 Å². The Kier molecular flexibility index (Phi) is 8.81. The number of unbranched alkanes of at least 4 members (excludes halogenated alkanes) is 2. The van der Waals surface area contributed by atoms with E-state index in [9.17, 15) is 19.5 Å². The zero-order chi connectivity index (χ0) is 27.9. The van der Waals surface area contributed by atoms with Gasteiger partial charge in [-0.25, -0.2) is 4.79 Å². The number of esters is 1. The van der Waals surface area contributed by atoms with Gasteiger partial charge in [0.1, 0.15) is 11.5 Å². The molecule has 0 aliphatic carbocycles. The predicted molar refractivity (Wildman–Crippen MR) is 150 cm³/mol. The largest absolute Gasteiger partial charge is 0.507 e. The van der Waals surface area contributed by atoms with Crippen LogP contribution in [0.1, 0.15) is 66.2 Å². The lowest BCUT2D eigenvalue weighted by molar-refractivity contribution is -0.132. The highest BCUT2D eigenvalue weighted by molar-refractivity contribution is 6.51. The number of ether oxygens (including phenoxy) is 2. The topological polar surface area (TPSA) is 93.1 Å². The number of aliphatic hydroxyl groups excluding tert-OH is 1. The zero-order valence-electron chi connectivity index (χ0n) is 22.5. The summed E-state index contributed by atoms with van der Waals surface area (Å²) in [6, 6.07) is 19.8. The second kappa shape index (κ2) is 12.4. The fraction of sp³-hybridized carbons (Fsp3) is 0.281. The van der Waals surface area contributed by atoms with Crippen LogP contribution in [0, 0.1) is 6.92 Å². The Morgan fingerprint density at radius 1 is 0.923 bits per heavy atom. The summed E-state index contributed by atoms with van der Waals surface area (Å²) in [6.07, 6.45) is 3.14. The Labute approximate surface area is 228 Å². The van der Waals surface area contributed by atoms with Crippen LogP contribution in [0.5, 0.6) is 5.75 Å². The van der Waals surface area contributed by atoms with Crippen LogP contribution in [0.2, 0.25) is 0 Å². The lowest BCUT2D eigenvalue weighted by Crippen LogP contribution is -2.29. The maximum absolute atomic E-state index is 13.4. The molecule has 1 aliphatic heterocycles. The molecule has 1 aliphatic rings. The van der Waals surface area contributed by atoms with E-state index < -0.39 is 23.7 Å². The second-order valence-electron chi connectivity index (χ2n) is 9.43. The van der Waals surface area contributed by atoms with Gasteiger partial charge in [-0.1, -0.05) is 55.7 Å². The van der Waals surface area contributed by atoms with Crippen molar-refractivity contribution >= 4 is 29.1 Å². The number of nitrogens with zero attached hydrogens (tertiary/aromatic N) is 1. The molecule has 0 aromatic heterocycles. The molecule has 0 bridgehead atoms. The Bertz CT molecular complexity index is 1390. The third-order valence-electron chi connectivity index (χ3n) is 6.58. The summed E-state index contributed by atoms with van der Waals surface area (Å²) in [7, 11) is 0. The van der Waals surface area contributed by atoms with Crippen molar-refractivity contribution in [3.8, 4) is 5.75 Å². The van der Waals surface area contributed by atoms with Crippen LogP contribution in [-0.2, 0) is 14.3 Å². The number of Topliss-reactive ketones (excluding diaryl/α,β-unsaturated/α-hetero) is 1. The van der Waals surface area contributed by atoms with Crippen molar-refractivity contribution in [3.63, 3.8) is 0 Å². The molecule has 1 saturated heterocycles. The molecule has 0 spiro atoms. The first-order valence-electron chi connectivity index (χ1n) is 13.2. The molecule has 202 valence electrons. The molecule has 1 fully saturated rings. The van der Waals surface area contributed by atoms with Gasteiger partial charge in [0.2, 0.25) is 0 Å². The first-order valence-corrected chi connectivity index (χ1v) is 13.2. The highest BCUT2D eigenvalue weighted by Gasteiger charge is 2.47. The van der Waals surface area contributed by atoms with E-state index in [4.69, 9.17) is 9.47 Å². The summed E-state index contributed by atoms with van der Waals surface area (Å²) in [5.41, 5.74) is 2.57. The smallest absolute Gasteiger partial charge is 0.338 e. The molecule has 0 radical (unpaired) electrons. The molecule has 1 heterocycles. The lowest BCUT2D eigenvalue weighted by atomic mass is 9.94. The Morgan fingerprint density at radius 3 is 2.36 bits per heavy atom. The maximum Gasteiger partial charge on any atom is 0.338 e. The third kappa shape index (κ3) is 6.03. The van der Waals surface area contributed by atoms with Crippen molar-refractivity contribution in [1.82, 2.24) is 0 Å². The maximum atomic E-state index is 13.4. The van der Waals surface area contributed by atoms with Crippen molar-refractivity contribution in [3.05, 3.63) is 101 Å². The minimum absolute atomic E-state index is 0.0243. The van der Waals surface area contributed by atoms with Crippen molar-refractivity contribution in [1.29, 1.82) is 0 Å². The van der Waals surface area contributed by atoms with Crippen molar-refractivity contribution in [2.24, 2.45) is 0 Å². The molecule has 3 aromatic rings. The van der Waals surface area contributed by atoms with Crippen LogP contribution < -0.4 is 9.64 Å². The van der Waals surface area contributed by atoms with Crippen LogP contribution in [0.3, 0.4) is 0 Å². The van der Waals surface area contributed by atoms with Gasteiger partial charge in [0, 0.05) is 11.3 Å². The molecular formula is C32H33NO6. The van der Waals surface area contributed by atoms with Crippen molar-refractivity contribution in [2.75, 3.05) is 18.1 Å². The average Bonchev–Trinajstić information content (AvgIpc) is 3.21. The Balaban J connectivity index is 1.77. The number of carbonyl (C=O) groups excluding carboxylic acids is 3. The van der Waals surface area contributed by atoms with Crippen molar-refractivity contribution in [2.45, 2.75) is 46.1 Å². The quantitative estimate of drug-likeness (QED) is 0.108. The fourth-order valence-electron chi connectivity index (χ4n) is 4.66. The summed E-state index contributed by atoms with van der Waals surface area (Å²) in [5.74, 6) is -1.74. The van der Waals surface area contributed by atoms with Crippen LogP contribution in [0.4, 0.5) is 5.69 Å². The monoisotopic (exact) mass is 527 g/mol. The Morgan fingerprint density at radius 2 is 1.67 bits per heavy atom. The molecule has 1 atom stereocenters. The van der Waals surface area contributed by atoms with Crippen LogP contribution in [-0.4, -0.2) is 36.0 Å². The van der Waals surface area contributed by atoms with E-state index in [1.807, 2.05) is 31.2 Å². The highest BCUT2D eigenvalue weighted by atomic mass is 16.5. The average molecular weight is 528 g/mol. The van der Waals surface area contributed by atoms with Gasteiger partial charge < -0.3 is 14.6 Å². The number of hydrogen-bond donors (Lipinski definition) is 1. The second-order valence-corrected chi connectivity index (χ2v) is 9.43. The minimum atomic E-state index is -0.896. The molecule has 7 nitrogen and oxygen atoms in total. The van der Waals surface area contributed by atoms with Gasteiger partial charge in [-0.15, -0.1) is 0 Å². The summed E-state index contributed by atoms with van der Waals surface area (Å²) in [4.78, 5) is 40.6. The van der Waals surface area contributed by atoms with Crippen LogP contribution in [0.15, 0.2) is 78.4 Å². The number of benzene rings is 3. The number of anilines is 1. The van der Waals surface area contributed by atoms with Crippen LogP contribution in [0.25, 0.3) is 5.76 Å². The molecule has 0 saturated carbocycles. The normalized spacial score (nSPS) is 16.4. The van der Waals surface area contributed by atoms with Crippen molar-refractivity contribution < 1.29 is 29.0 Å². The number of aryl methyl sites for hydroxylation is 1. The van der Waals surface area contributed by atoms with E-state index in [0.717, 1.165) is 24.8 Å². The van der Waals surface area contributed by atoms with Gasteiger partial charge in [0.25, 0.3) is 11.7 Å². The summed E-state index contributed by atoms with van der Waals surface area (Å²) in [6.45, 7) is 6.56. The summed E-state index contributed by atoms with van der Waals surface area (Å²) in [5, 5.41) is 11.4. The van der Waals surface area contributed by atoms with Gasteiger partial charge in [0.05, 0.1) is 30.4 Å². The highest BCUT2D eigenvalue weighted by Crippen LogP contribution is 2.42. The molecule has 1 N–H and O–H groups in total. The zero-order valence-corrected chi connectivity index (χ0v) is 22.5. The first-order chi connectivity index (χ1) is 18.8. The number of hydrogen-bond acceptors (Lipinski definition) is 6. The number of aliphatic hydroxyl groups is 1. The first kappa shape index (κ1) is 27.6. The van der Waals surface area contributed by atoms with Gasteiger partial charge in [-0.2, -0.15) is 0 Å². The number of carbonyl (C=O) groups is 3. The van der Waals surface area contributed by atoms with Crippen LogP contribution >= 0.6 is 0 Å². The number of ketones is 1. The predicted octanol–water partition coefficient (Wildman–Crippen LogP) is 6.37. The SMILES string of the molecule is CCCCCOc1ccc(/C(O)=C2\C(=O)C(=O)N(c3cccc(C(=O)OCC)c3)C2c2cccc(C)c2)cc1. The number of amides is 1. The van der Waals surface area contributed by atoms with Gasteiger partial charge >= 0.3 is 5.97 Å². The third-order valence-corrected chi connectivity index (χ3v) is 6.58. The summed E-state index contributed by atoms with van der Waals surface area (Å²) >= 11 is 0. The molecule has 7 heteroatoms. The van der Waals surface area contributed by atoms with E-state index in [1.165, 1.54) is 11.0 Å². The van der Waals surface area contributed by atoms with Gasteiger partial charge in [0.15, 0.2) is 0 Å². The van der Waals surface area contributed by atoms with Gasteiger partial charge in [-0.3, -0.25) is 14.5 Å². The molecule has 39 heavy (non-hydrogen) atoms. The van der Waals surface area contributed by atoms with E-state index in [1.54, 1.807) is 49.4 Å². The van der Waals surface area contributed by atoms with E-state index >= 15 is 0 Å². The molecule has 3 aromatic carbocycles. The molecule has 1 unspecified atom stereocenters. The Hall–Kier alpha value is -4.39. The molecule has 1 amide bonds. The molecular weight excluding hydrogens is 494 g/mol. The minimum Gasteiger partial charge on any atom is -0.507 e. The molecule has 4 rings (SSSR count). The lowest BCUT2D eigenvalue weighted by Gasteiger charge is -2.26. The van der Waals surface area contributed by atoms with E-state index in [-0.39, 0.29) is 23.5 Å². The van der Waals surface area contributed by atoms with E-state index in [0.29, 0.717) is 29.2 Å².